The van der Waals surface area contributed by atoms with E-state index in [9.17, 15) is 0 Å². The Hall–Kier alpha value is -0.380. The summed E-state index contributed by atoms with van der Waals surface area (Å²) < 4.78 is 0. The third kappa shape index (κ3) is 1.86. The van der Waals surface area contributed by atoms with E-state index in [1.54, 1.807) is 11.3 Å². The second-order valence-corrected chi connectivity index (χ2v) is 4.07. The summed E-state index contributed by atoms with van der Waals surface area (Å²) in [6.07, 6.45) is 2.64. The van der Waals surface area contributed by atoms with Gasteiger partial charge in [-0.1, -0.05) is 0 Å². The van der Waals surface area contributed by atoms with Crippen molar-refractivity contribution in [1.82, 2.24) is 5.32 Å². The summed E-state index contributed by atoms with van der Waals surface area (Å²) in [5.41, 5.74) is 7.02. The number of rotatable bonds is 4. The molecule has 3 N–H and O–H groups in total. The summed E-state index contributed by atoms with van der Waals surface area (Å²) in [5, 5.41) is 7.80. The summed E-state index contributed by atoms with van der Waals surface area (Å²) in [6.45, 7) is 0.702. The molecule has 1 heterocycles. The third-order valence-electron chi connectivity index (χ3n) is 2.20. The molecule has 0 saturated heterocycles. The van der Waals surface area contributed by atoms with E-state index in [0.717, 1.165) is 6.04 Å². The van der Waals surface area contributed by atoms with Crippen LogP contribution in [-0.2, 0) is 0 Å². The van der Waals surface area contributed by atoms with Crippen molar-refractivity contribution < 1.29 is 0 Å². The molecule has 0 spiro atoms. The first-order valence-electron chi connectivity index (χ1n) is 4.38. The van der Waals surface area contributed by atoms with Gasteiger partial charge in [0.05, 0.1) is 0 Å². The average molecular weight is 182 g/mol. The Morgan fingerprint density at radius 1 is 1.67 bits per heavy atom. The molecule has 0 aromatic carbocycles. The zero-order chi connectivity index (χ0) is 8.39. The fourth-order valence-corrected chi connectivity index (χ4v) is 2.02. The van der Waals surface area contributed by atoms with Crippen LogP contribution in [0.5, 0.6) is 0 Å². The van der Waals surface area contributed by atoms with Crippen LogP contribution in [0, 0.1) is 0 Å². The fourth-order valence-electron chi connectivity index (χ4n) is 1.31. The van der Waals surface area contributed by atoms with E-state index in [4.69, 9.17) is 5.73 Å². The normalized spacial score (nSPS) is 19.4. The molecule has 1 aliphatic rings. The van der Waals surface area contributed by atoms with Crippen LogP contribution in [0.4, 0.5) is 0 Å². The molecule has 1 aromatic rings. The Morgan fingerprint density at radius 2 is 2.50 bits per heavy atom. The highest BCUT2D eigenvalue weighted by molar-refractivity contribution is 7.07. The standard InChI is InChI=1S/C9H14N2S/c10-5-9(11-8-1-2-8)7-3-4-12-6-7/h3-4,6,8-9,11H,1-2,5,10H2. The zero-order valence-electron chi connectivity index (χ0n) is 6.99. The van der Waals surface area contributed by atoms with E-state index >= 15 is 0 Å². The van der Waals surface area contributed by atoms with Gasteiger partial charge >= 0.3 is 0 Å². The molecule has 66 valence electrons. The first-order chi connectivity index (χ1) is 5.90. The molecule has 2 nitrogen and oxygen atoms in total. The van der Waals surface area contributed by atoms with Crippen molar-refractivity contribution in [2.75, 3.05) is 6.54 Å². The summed E-state index contributed by atoms with van der Waals surface area (Å²) in [7, 11) is 0. The van der Waals surface area contributed by atoms with Gasteiger partial charge in [0.2, 0.25) is 0 Å². The Kier molecular flexibility index (Phi) is 2.44. The Labute approximate surface area is 76.8 Å². The SMILES string of the molecule is NCC(NC1CC1)c1ccsc1. The van der Waals surface area contributed by atoms with E-state index in [0.29, 0.717) is 12.6 Å². The lowest BCUT2D eigenvalue weighted by Crippen LogP contribution is -2.29. The van der Waals surface area contributed by atoms with Gasteiger partial charge in [-0.2, -0.15) is 11.3 Å². The monoisotopic (exact) mass is 182 g/mol. The highest BCUT2D eigenvalue weighted by atomic mass is 32.1. The summed E-state index contributed by atoms with van der Waals surface area (Å²) in [4.78, 5) is 0. The summed E-state index contributed by atoms with van der Waals surface area (Å²) in [5.74, 6) is 0. The minimum atomic E-state index is 0.378. The number of nitrogens with two attached hydrogens (primary N) is 1. The smallest absolute Gasteiger partial charge is 0.0454 e. The number of hydrogen-bond acceptors (Lipinski definition) is 3. The predicted molar refractivity (Wildman–Crippen MR) is 52.3 cm³/mol. The van der Waals surface area contributed by atoms with Gasteiger partial charge < -0.3 is 11.1 Å². The van der Waals surface area contributed by atoms with Crippen molar-refractivity contribution in [3.05, 3.63) is 22.4 Å². The Bertz CT molecular complexity index is 229. The van der Waals surface area contributed by atoms with Gasteiger partial charge in [-0.15, -0.1) is 0 Å². The Balaban J connectivity index is 1.97. The molecule has 0 radical (unpaired) electrons. The highest BCUT2D eigenvalue weighted by Crippen LogP contribution is 2.24. The average Bonchev–Trinajstić information content (AvgIpc) is 2.74. The Morgan fingerprint density at radius 3 is 3.00 bits per heavy atom. The maximum atomic E-state index is 5.68. The van der Waals surface area contributed by atoms with Crippen LogP contribution in [0.2, 0.25) is 0 Å². The molecule has 1 aliphatic carbocycles. The van der Waals surface area contributed by atoms with Crippen LogP contribution in [0.15, 0.2) is 16.8 Å². The van der Waals surface area contributed by atoms with E-state index < -0.39 is 0 Å². The first kappa shape index (κ1) is 8.23. The van der Waals surface area contributed by atoms with E-state index in [-0.39, 0.29) is 0 Å². The van der Waals surface area contributed by atoms with E-state index in [1.807, 2.05) is 0 Å². The summed E-state index contributed by atoms with van der Waals surface area (Å²) in [6, 6.07) is 3.26. The topological polar surface area (TPSA) is 38.0 Å². The van der Waals surface area contributed by atoms with E-state index in [2.05, 4.69) is 22.1 Å². The largest absolute Gasteiger partial charge is 0.329 e. The molecule has 2 rings (SSSR count). The molecule has 0 amide bonds. The second kappa shape index (κ2) is 3.56. The molecule has 0 bridgehead atoms. The van der Waals surface area contributed by atoms with Gasteiger partial charge in [-0.3, -0.25) is 0 Å². The molecule has 1 aromatic heterocycles. The maximum absolute atomic E-state index is 5.68. The van der Waals surface area contributed by atoms with Crippen molar-refractivity contribution in [2.24, 2.45) is 5.73 Å². The van der Waals surface area contributed by atoms with Crippen molar-refractivity contribution in [3.8, 4) is 0 Å². The molecule has 1 saturated carbocycles. The van der Waals surface area contributed by atoms with Crippen LogP contribution >= 0.6 is 11.3 Å². The van der Waals surface area contributed by atoms with Crippen LogP contribution in [0.1, 0.15) is 24.4 Å². The highest BCUT2D eigenvalue weighted by Gasteiger charge is 2.24. The van der Waals surface area contributed by atoms with Crippen molar-refractivity contribution in [3.63, 3.8) is 0 Å². The molecule has 1 unspecified atom stereocenters. The van der Waals surface area contributed by atoms with Gasteiger partial charge in [-0.25, -0.2) is 0 Å². The molecule has 1 atom stereocenters. The van der Waals surface area contributed by atoms with Crippen molar-refractivity contribution in [2.45, 2.75) is 24.9 Å². The van der Waals surface area contributed by atoms with Crippen molar-refractivity contribution >= 4 is 11.3 Å². The molecule has 0 aliphatic heterocycles. The van der Waals surface area contributed by atoms with Crippen LogP contribution in [0.25, 0.3) is 0 Å². The van der Waals surface area contributed by atoms with Crippen LogP contribution in [-0.4, -0.2) is 12.6 Å². The van der Waals surface area contributed by atoms with Gasteiger partial charge in [-0.05, 0) is 35.2 Å². The minimum absolute atomic E-state index is 0.378. The third-order valence-corrected chi connectivity index (χ3v) is 2.90. The number of hydrogen-bond donors (Lipinski definition) is 2. The molecular formula is C9H14N2S. The molecule has 12 heavy (non-hydrogen) atoms. The summed E-state index contributed by atoms with van der Waals surface area (Å²) >= 11 is 1.74. The van der Waals surface area contributed by atoms with Gasteiger partial charge in [0, 0.05) is 18.6 Å². The lowest BCUT2D eigenvalue weighted by molar-refractivity contribution is 0.540. The van der Waals surface area contributed by atoms with Crippen LogP contribution < -0.4 is 11.1 Å². The van der Waals surface area contributed by atoms with Crippen LogP contribution in [0.3, 0.4) is 0 Å². The van der Waals surface area contributed by atoms with Crippen molar-refractivity contribution in [1.29, 1.82) is 0 Å². The molecule has 3 heteroatoms. The van der Waals surface area contributed by atoms with Gasteiger partial charge in [0.15, 0.2) is 0 Å². The lowest BCUT2D eigenvalue weighted by atomic mass is 10.1. The fraction of sp³-hybridized carbons (Fsp3) is 0.556. The van der Waals surface area contributed by atoms with Gasteiger partial charge in [0.1, 0.15) is 0 Å². The lowest BCUT2D eigenvalue weighted by Gasteiger charge is -2.14. The van der Waals surface area contributed by atoms with Gasteiger partial charge in [0.25, 0.3) is 0 Å². The van der Waals surface area contributed by atoms with E-state index in [1.165, 1.54) is 18.4 Å². The minimum Gasteiger partial charge on any atom is -0.329 e. The molecule has 1 fully saturated rings. The number of thiophene rings is 1. The maximum Gasteiger partial charge on any atom is 0.0454 e. The quantitative estimate of drug-likeness (QED) is 0.740. The number of nitrogens with one attached hydrogen (secondary N) is 1. The predicted octanol–water partition coefficient (Wildman–Crippen LogP) is 1.50. The zero-order valence-corrected chi connectivity index (χ0v) is 7.81. The first-order valence-corrected chi connectivity index (χ1v) is 5.32. The molecular weight excluding hydrogens is 168 g/mol. The second-order valence-electron chi connectivity index (χ2n) is 3.29.